The molecular weight excluding hydrogens is 425 g/mol. The molecule has 2 N–H and O–H groups in total. The smallest absolute Gasteiger partial charge is 0.416 e. The fourth-order valence-electron chi connectivity index (χ4n) is 3.16. The van der Waals surface area contributed by atoms with Crippen LogP contribution in [0.25, 0.3) is 29.7 Å². The van der Waals surface area contributed by atoms with Crippen molar-refractivity contribution in [3.05, 3.63) is 98.5 Å². The first-order valence-electron chi connectivity index (χ1n) is 9.26. The van der Waals surface area contributed by atoms with E-state index in [-0.39, 0.29) is 33.2 Å². The van der Waals surface area contributed by atoms with Crippen LogP contribution in [0.5, 0.6) is 0 Å². The van der Waals surface area contributed by atoms with E-state index < -0.39 is 23.3 Å². The van der Waals surface area contributed by atoms with E-state index in [0.29, 0.717) is 5.69 Å². The third-order valence-corrected chi connectivity index (χ3v) is 4.77. The minimum atomic E-state index is -4.47. The highest BCUT2D eigenvalue weighted by molar-refractivity contribution is 5.87. The molecule has 32 heavy (non-hydrogen) atoms. The highest BCUT2D eigenvalue weighted by Gasteiger charge is 2.30. The second kappa shape index (κ2) is 7.77. The molecule has 0 aliphatic rings. The van der Waals surface area contributed by atoms with Gasteiger partial charge in [-0.2, -0.15) is 13.2 Å². The quantitative estimate of drug-likeness (QED) is 0.509. The molecule has 0 fully saturated rings. The Morgan fingerprint density at radius 2 is 1.81 bits per heavy atom. The van der Waals surface area contributed by atoms with Gasteiger partial charge >= 0.3 is 12.1 Å². The first-order valence-corrected chi connectivity index (χ1v) is 9.26. The van der Waals surface area contributed by atoms with Crippen LogP contribution in [0.3, 0.4) is 0 Å². The van der Waals surface area contributed by atoms with Crippen LogP contribution in [-0.2, 0) is 6.18 Å². The lowest BCUT2D eigenvalue weighted by Crippen LogP contribution is -2.33. The fourth-order valence-corrected chi connectivity index (χ4v) is 3.16. The first kappa shape index (κ1) is 21.0. The van der Waals surface area contributed by atoms with E-state index in [1.807, 2.05) is 0 Å². The lowest BCUT2D eigenvalue weighted by Gasteiger charge is -2.07. The fraction of sp³-hybridized carbons (Fsp3) is 0.0435. The van der Waals surface area contributed by atoms with Gasteiger partial charge in [0.25, 0.3) is 5.56 Å². The Labute approximate surface area is 178 Å². The molecule has 0 radical (unpaired) electrons. The van der Waals surface area contributed by atoms with Gasteiger partial charge in [-0.3, -0.25) is 9.89 Å². The number of halogens is 3. The van der Waals surface area contributed by atoms with Gasteiger partial charge in [-0.1, -0.05) is 18.7 Å². The number of carboxylic acids is 1. The number of hydrogen-bond acceptors (Lipinski definition) is 3. The molecule has 4 aromatic rings. The van der Waals surface area contributed by atoms with Gasteiger partial charge in [-0.05, 0) is 54.6 Å². The van der Waals surface area contributed by atoms with Crippen LogP contribution in [-0.4, -0.2) is 20.9 Å². The summed E-state index contributed by atoms with van der Waals surface area (Å²) in [6, 6.07) is 13.5. The van der Waals surface area contributed by atoms with Gasteiger partial charge in [-0.15, -0.1) is 0 Å². The Bertz CT molecular complexity index is 1480. The van der Waals surface area contributed by atoms with Crippen molar-refractivity contribution in [3.63, 3.8) is 0 Å². The van der Waals surface area contributed by atoms with Crippen LogP contribution < -0.4 is 16.1 Å². The van der Waals surface area contributed by atoms with Crippen molar-refractivity contribution in [1.29, 1.82) is 0 Å². The van der Waals surface area contributed by atoms with E-state index in [1.165, 1.54) is 59.3 Å². The van der Waals surface area contributed by atoms with Crippen molar-refractivity contribution >= 4 is 18.6 Å². The van der Waals surface area contributed by atoms with Gasteiger partial charge in [0.05, 0.1) is 27.4 Å². The summed E-state index contributed by atoms with van der Waals surface area (Å²) in [5.74, 6) is -0.614. The first-order chi connectivity index (χ1) is 15.1. The number of benzene rings is 2. The lowest BCUT2D eigenvalue weighted by molar-refractivity contribution is -0.137. The number of aromatic carboxylic acids is 1. The zero-order chi connectivity index (χ0) is 23.0. The van der Waals surface area contributed by atoms with Crippen LogP contribution in [0.2, 0.25) is 0 Å². The van der Waals surface area contributed by atoms with Gasteiger partial charge in [0.1, 0.15) is 11.5 Å². The number of hydrogen-bond donors (Lipinski definition) is 2. The summed E-state index contributed by atoms with van der Waals surface area (Å²) in [6.07, 6.45) is -3.04. The van der Waals surface area contributed by atoms with Gasteiger partial charge in [-0.25, -0.2) is 9.48 Å². The number of furan rings is 1. The molecule has 0 saturated carbocycles. The molecule has 2 heterocycles. The Kier molecular flexibility index (Phi) is 5.09. The maximum absolute atomic E-state index is 13.0. The molecular formula is C23H15F3N2O4. The molecule has 162 valence electrons. The molecule has 0 aliphatic carbocycles. The molecule has 2 aromatic heterocycles. The highest BCUT2D eigenvalue weighted by atomic mass is 19.4. The molecule has 6 nitrogen and oxygen atoms in total. The molecule has 0 bridgehead atoms. The average molecular weight is 440 g/mol. The summed E-state index contributed by atoms with van der Waals surface area (Å²) in [4.78, 5) is 23.8. The summed E-state index contributed by atoms with van der Waals surface area (Å²) in [5.41, 5.74) is -0.504. The van der Waals surface area contributed by atoms with Crippen molar-refractivity contribution in [3.8, 4) is 17.0 Å². The number of carboxylic acid groups (broad SMARTS) is 1. The maximum atomic E-state index is 13.0. The summed E-state index contributed by atoms with van der Waals surface area (Å²) >= 11 is 0. The molecule has 4 rings (SSSR count). The monoisotopic (exact) mass is 440 g/mol. The summed E-state index contributed by atoms with van der Waals surface area (Å²) in [5, 5.41) is 12.3. The number of aromatic amines is 1. The van der Waals surface area contributed by atoms with Crippen molar-refractivity contribution in [2.45, 2.75) is 6.18 Å². The molecule has 0 saturated heterocycles. The standard InChI is InChI=1S/C23H15F3N2O4/c1-13-19(21(29)28(27-13)17-7-5-14(6-8-17)22(30)31)12-18-9-10-20(32-18)15-3-2-4-16(11-15)23(24,25)26/h2-12,27H,1H2,(H,30,31)/b19-12-. The van der Waals surface area contributed by atoms with Crippen LogP contribution in [0.15, 0.2) is 69.9 Å². The van der Waals surface area contributed by atoms with Gasteiger partial charge < -0.3 is 9.52 Å². The number of rotatable bonds is 4. The van der Waals surface area contributed by atoms with Gasteiger partial charge in [0.15, 0.2) is 0 Å². The van der Waals surface area contributed by atoms with E-state index in [2.05, 4.69) is 11.7 Å². The van der Waals surface area contributed by atoms with E-state index in [1.54, 1.807) is 0 Å². The number of H-pyrrole nitrogens is 1. The third-order valence-electron chi connectivity index (χ3n) is 4.77. The van der Waals surface area contributed by atoms with Crippen LogP contribution in [0, 0.1) is 0 Å². The minimum Gasteiger partial charge on any atom is -0.478 e. The lowest BCUT2D eigenvalue weighted by atomic mass is 10.1. The maximum Gasteiger partial charge on any atom is 0.416 e. The van der Waals surface area contributed by atoms with Crippen LogP contribution in [0.1, 0.15) is 21.7 Å². The van der Waals surface area contributed by atoms with E-state index in [9.17, 15) is 22.8 Å². The zero-order valence-corrected chi connectivity index (χ0v) is 16.3. The second-order valence-electron chi connectivity index (χ2n) is 6.92. The van der Waals surface area contributed by atoms with Crippen LogP contribution >= 0.6 is 0 Å². The van der Waals surface area contributed by atoms with Crippen molar-refractivity contribution in [2.24, 2.45) is 0 Å². The molecule has 0 atom stereocenters. The molecule has 0 aliphatic heterocycles. The topological polar surface area (TPSA) is 88.2 Å². The third kappa shape index (κ3) is 4.00. The summed E-state index contributed by atoms with van der Waals surface area (Å²) in [7, 11) is 0. The minimum absolute atomic E-state index is 0.0766. The summed E-state index contributed by atoms with van der Waals surface area (Å²) in [6.45, 7) is 3.80. The Balaban J connectivity index is 1.71. The summed E-state index contributed by atoms with van der Waals surface area (Å²) < 4.78 is 45.7. The Morgan fingerprint density at radius 3 is 2.47 bits per heavy atom. The number of nitrogens with zero attached hydrogens (tertiary/aromatic N) is 1. The van der Waals surface area contributed by atoms with Crippen molar-refractivity contribution in [2.75, 3.05) is 0 Å². The van der Waals surface area contributed by atoms with E-state index >= 15 is 0 Å². The van der Waals surface area contributed by atoms with Gasteiger partial charge in [0.2, 0.25) is 0 Å². The number of aromatic nitrogens is 2. The molecule has 0 amide bonds. The zero-order valence-electron chi connectivity index (χ0n) is 16.3. The van der Waals surface area contributed by atoms with E-state index in [4.69, 9.17) is 9.52 Å². The number of carbonyl (C=O) groups is 1. The predicted molar refractivity (Wildman–Crippen MR) is 111 cm³/mol. The predicted octanol–water partition coefficient (Wildman–Crippen LogP) is 3.38. The molecule has 0 spiro atoms. The Morgan fingerprint density at radius 1 is 1.09 bits per heavy atom. The normalized spacial score (nSPS) is 12.3. The Hall–Kier alpha value is -4.27. The molecule has 0 unspecified atom stereocenters. The van der Waals surface area contributed by atoms with Crippen molar-refractivity contribution < 1.29 is 27.5 Å². The SMILES string of the molecule is C=c1[nH]n(-c2ccc(C(=O)O)cc2)c(=O)/c1=C\c1ccc(-c2cccc(C(F)(F)F)c2)o1. The number of alkyl halides is 3. The van der Waals surface area contributed by atoms with Crippen molar-refractivity contribution in [1.82, 2.24) is 9.78 Å². The van der Waals surface area contributed by atoms with E-state index in [0.717, 1.165) is 12.1 Å². The molecule has 2 aromatic carbocycles. The average Bonchev–Trinajstić information content (AvgIpc) is 3.34. The largest absolute Gasteiger partial charge is 0.478 e. The highest BCUT2D eigenvalue weighted by Crippen LogP contribution is 2.32. The molecule has 9 heteroatoms. The van der Waals surface area contributed by atoms with Gasteiger partial charge in [0, 0.05) is 5.56 Å². The van der Waals surface area contributed by atoms with Crippen LogP contribution in [0.4, 0.5) is 13.2 Å². The second-order valence-corrected chi connectivity index (χ2v) is 6.92. The number of nitrogens with one attached hydrogen (secondary N) is 1.